The fourth-order valence-corrected chi connectivity index (χ4v) is 2.06. The Morgan fingerprint density at radius 1 is 1.38 bits per heavy atom. The summed E-state index contributed by atoms with van der Waals surface area (Å²) in [6.07, 6.45) is 2.10. The van der Waals surface area contributed by atoms with Crippen LogP contribution in [0.5, 0.6) is 0 Å². The second kappa shape index (κ2) is 5.26. The summed E-state index contributed by atoms with van der Waals surface area (Å²) < 4.78 is 5.59. The van der Waals surface area contributed by atoms with Gasteiger partial charge in [0.25, 0.3) is 0 Å². The standard InChI is InChI=1S/C14H18O2/c1-11(15)14-9-13(14)7-8-16-10-12-5-3-2-4-6-12/h2-6,13-14H,7-10H2,1H3/t13-,14?/m0/s1. The third kappa shape index (κ3) is 3.17. The maximum Gasteiger partial charge on any atom is 0.133 e. The molecule has 2 heteroatoms. The molecule has 16 heavy (non-hydrogen) atoms. The summed E-state index contributed by atoms with van der Waals surface area (Å²) in [5.74, 6) is 1.27. The van der Waals surface area contributed by atoms with Crippen molar-refractivity contribution in [2.24, 2.45) is 11.8 Å². The molecule has 0 saturated heterocycles. The van der Waals surface area contributed by atoms with Crippen molar-refractivity contribution in [1.82, 2.24) is 0 Å². The molecule has 0 heterocycles. The summed E-state index contributed by atoms with van der Waals surface area (Å²) in [5, 5.41) is 0. The van der Waals surface area contributed by atoms with Crippen molar-refractivity contribution in [1.29, 1.82) is 0 Å². The van der Waals surface area contributed by atoms with E-state index in [1.54, 1.807) is 6.92 Å². The van der Waals surface area contributed by atoms with E-state index in [0.29, 0.717) is 24.2 Å². The second-order valence-electron chi connectivity index (χ2n) is 4.54. The minimum Gasteiger partial charge on any atom is -0.377 e. The van der Waals surface area contributed by atoms with Crippen LogP contribution in [0.1, 0.15) is 25.3 Å². The Morgan fingerprint density at radius 2 is 2.12 bits per heavy atom. The van der Waals surface area contributed by atoms with E-state index in [0.717, 1.165) is 19.4 Å². The number of Topliss-reactive ketones (excluding diaryl/α,β-unsaturated/α-hetero) is 1. The van der Waals surface area contributed by atoms with Gasteiger partial charge in [0.05, 0.1) is 6.61 Å². The van der Waals surface area contributed by atoms with Crippen molar-refractivity contribution >= 4 is 5.78 Å². The summed E-state index contributed by atoms with van der Waals surface area (Å²) in [6, 6.07) is 10.2. The molecule has 0 amide bonds. The number of ketones is 1. The third-order valence-corrected chi connectivity index (χ3v) is 3.19. The van der Waals surface area contributed by atoms with Crippen LogP contribution in [-0.4, -0.2) is 12.4 Å². The molecule has 0 bridgehead atoms. The van der Waals surface area contributed by atoms with E-state index in [-0.39, 0.29) is 0 Å². The first-order valence-electron chi connectivity index (χ1n) is 5.89. The summed E-state index contributed by atoms with van der Waals surface area (Å²) in [6.45, 7) is 3.14. The molecule has 0 aliphatic heterocycles. The molecule has 2 rings (SSSR count). The van der Waals surface area contributed by atoms with Crippen LogP contribution in [0.4, 0.5) is 0 Å². The van der Waals surface area contributed by atoms with Crippen molar-refractivity contribution in [3.63, 3.8) is 0 Å². The van der Waals surface area contributed by atoms with E-state index in [4.69, 9.17) is 4.74 Å². The fourth-order valence-electron chi connectivity index (χ4n) is 2.06. The maximum atomic E-state index is 11.0. The highest BCUT2D eigenvalue weighted by Gasteiger charge is 2.39. The zero-order valence-electron chi connectivity index (χ0n) is 9.69. The number of carbonyl (C=O) groups is 1. The largest absolute Gasteiger partial charge is 0.377 e. The second-order valence-corrected chi connectivity index (χ2v) is 4.54. The lowest BCUT2D eigenvalue weighted by Gasteiger charge is -2.03. The third-order valence-electron chi connectivity index (χ3n) is 3.19. The highest BCUT2D eigenvalue weighted by atomic mass is 16.5. The number of ether oxygens (including phenoxy) is 1. The summed E-state index contributed by atoms with van der Waals surface area (Å²) in [5.41, 5.74) is 1.21. The number of hydrogen-bond donors (Lipinski definition) is 0. The smallest absolute Gasteiger partial charge is 0.133 e. The molecule has 0 aromatic heterocycles. The van der Waals surface area contributed by atoms with Crippen LogP contribution in [0.2, 0.25) is 0 Å². The topological polar surface area (TPSA) is 26.3 Å². The van der Waals surface area contributed by atoms with Gasteiger partial charge in [-0.3, -0.25) is 4.79 Å². The molecule has 1 aliphatic carbocycles. The average Bonchev–Trinajstić information content (AvgIpc) is 3.05. The van der Waals surface area contributed by atoms with Gasteiger partial charge in [0.15, 0.2) is 0 Å². The minimum atomic E-state index is 0.334. The zero-order valence-corrected chi connectivity index (χ0v) is 9.69. The molecule has 0 spiro atoms. The molecule has 1 saturated carbocycles. The molecule has 1 aromatic carbocycles. The van der Waals surface area contributed by atoms with Gasteiger partial charge >= 0.3 is 0 Å². The van der Waals surface area contributed by atoms with Gasteiger partial charge in [0.2, 0.25) is 0 Å². The average molecular weight is 218 g/mol. The first kappa shape index (κ1) is 11.3. The highest BCUT2D eigenvalue weighted by molar-refractivity contribution is 5.81. The van der Waals surface area contributed by atoms with Gasteiger partial charge in [-0.2, -0.15) is 0 Å². The quantitative estimate of drug-likeness (QED) is 0.686. The van der Waals surface area contributed by atoms with Crippen molar-refractivity contribution in [3.05, 3.63) is 35.9 Å². The Balaban J connectivity index is 1.58. The molecule has 0 N–H and O–H groups in total. The number of rotatable bonds is 6. The normalized spacial score (nSPS) is 23.1. The lowest BCUT2D eigenvalue weighted by Crippen LogP contribution is -2.00. The Kier molecular flexibility index (Phi) is 3.73. The van der Waals surface area contributed by atoms with Crippen molar-refractivity contribution in [2.75, 3.05) is 6.61 Å². The summed E-state index contributed by atoms with van der Waals surface area (Å²) in [4.78, 5) is 11.0. The van der Waals surface area contributed by atoms with Gasteiger partial charge in [-0.15, -0.1) is 0 Å². The first-order chi connectivity index (χ1) is 7.77. The first-order valence-corrected chi connectivity index (χ1v) is 5.89. The molecular weight excluding hydrogens is 200 g/mol. The Morgan fingerprint density at radius 3 is 2.75 bits per heavy atom. The van der Waals surface area contributed by atoms with Gasteiger partial charge in [-0.25, -0.2) is 0 Å². The molecule has 1 aromatic rings. The van der Waals surface area contributed by atoms with E-state index >= 15 is 0 Å². The van der Waals surface area contributed by atoms with Gasteiger partial charge in [0.1, 0.15) is 5.78 Å². The monoisotopic (exact) mass is 218 g/mol. The molecule has 0 radical (unpaired) electrons. The Labute approximate surface area is 96.6 Å². The lowest BCUT2D eigenvalue weighted by atomic mass is 10.2. The SMILES string of the molecule is CC(=O)C1C[C@@H]1CCOCc1ccccc1. The van der Waals surface area contributed by atoms with Gasteiger partial charge in [-0.05, 0) is 31.2 Å². The van der Waals surface area contributed by atoms with Gasteiger partial charge < -0.3 is 4.74 Å². The molecule has 1 fully saturated rings. The van der Waals surface area contributed by atoms with Crippen molar-refractivity contribution < 1.29 is 9.53 Å². The van der Waals surface area contributed by atoms with E-state index in [2.05, 4.69) is 12.1 Å². The number of carbonyl (C=O) groups excluding carboxylic acids is 1. The van der Waals surface area contributed by atoms with Gasteiger partial charge in [-0.1, -0.05) is 30.3 Å². The van der Waals surface area contributed by atoms with Crippen LogP contribution in [0.25, 0.3) is 0 Å². The lowest BCUT2D eigenvalue weighted by molar-refractivity contribution is -0.118. The summed E-state index contributed by atoms with van der Waals surface area (Å²) >= 11 is 0. The molecule has 2 atom stereocenters. The molecular formula is C14H18O2. The fraction of sp³-hybridized carbons (Fsp3) is 0.500. The van der Waals surface area contributed by atoms with Crippen molar-refractivity contribution in [2.45, 2.75) is 26.4 Å². The van der Waals surface area contributed by atoms with E-state index in [1.807, 2.05) is 18.2 Å². The van der Waals surface area contributed by atoms with Crippen LogP contribution in [0.15, 0.2) is 30.3 Å². The molecule has 86 valence electrons. The molecule has 2 nitrogen and oxygen atoms in total. The van der Waals surface area contributed by atoms with E-state index < -0.39 is 0 Å². The maximum absolute atomic E-state index is 11.0. The Hall–Kier alpha value is -1.15. The van der Waals surface area contributed by atoms with Crippen LogP contribution in [0, 0.1) is 11.8 Å². The van der Waals surface area contributed by atoms with E-state index in [9.17, 15) is 4.79 Å². The molecule has 1 aliphatic rings. The zero-order chi connectivity index (χ0) is 11.4. The van der Waals surface area contributed by atoms with Gasteiger partial charge in [0, 0.05) is 12.5 Å². The summed E-state index contributed by atoms with van der Waals surface area (Å²) in [7, 11) is 0. The van der Waals surface area contributed by atoms with E-state index in [1.165, 1.54) is 5.56 Å². The number of benzene rings is 1. The predicted octanol–water partition coefficient (Wildman–Crippen LogP) is 2.82. The van der Waals surface area contributed by atoms with Crippen LogP contribution in [-0.2, 0) is 16.1 Å². The highest BCUT2D eigenvalue weighted by Crippen LogP contribution is 2.41. The van der Waals surface area contributed by atoms with Crippen LogP contribution < -0.4 is 0 Å². The van der Waals surface area contributed by atoms with Crippen LogP contribution in [0.3, 0.4) is 0 Å². The minimum absolute atomic E-state index is 0.334. The van der Waals surface area contributed by atoms with Crippen LogP contribution >= 0.6 is 0 Å². The number of hydrogen-bond acceptors (Lipinski definition) is 2. The Bertz CT molecular complexity index is 345. The van der Waals surface area contributed by atoms with Crippen molar-refractivity contribution in [3.8, 4) is 0 Å². The predicted molar refractivity (Wildman–Crippen MR) is 63.0 cm³/mol. The molecule has 1 unspecified atom stereocenters.